The molecule has 1 fully saturated rings. The van der Waals surface area contributed by atoms with Crippen molar-refractivity contribution < 1.29 is 22.3 Å². The lowest BCUT2D eigenvalue weighted by Crippen LogP contribution is -2.18. The maximum Gasteiger partial charge on any atom is 0.573 e. The largest absolute Gasteiger partial charge is 0.573 e. The van der Waals surface area contributed by atoms with Gasteiger partial charge in [0.15, 0.2) is 5.75 Å². The Kier molecular flexibility index (Phi) is 4.39. The van der Waals surface area contributed by atoms with Crippen LogP contribution < -0.4 is 10.1 Å². The van der Waals surface area contributed by atoms with Crippen LogP contribution in [0, 0.1) is 18.7 Å². The molecule has 2 aromatic rings. The van der Waals surface area contributed by atoms with Crippen molar-refractivity contribution in [2.45, 2.75) is 25.6 Å². The molecule has 24 heavy (non-hydrogen) atoms. The number of hydrogen-bond donors (Lipinski definition) is 1. The zero-order chi connectivity index (χ0) is 17.3. The Balaban J connectivity index is 1.63. The molecular weight excluding hydrogens is 322 g/mol. The Morgan fingerprint density at radius 3 is 2.50 bits per heavy atom. The summed E-state index contributed by atoms with van der Waals surface area (Å²) in [4.78, 5) is 0. The number of aryl methyl sites for hydroxylation is 1. The van der Waals surface area contributed by atoms with Crippen molar-refractivity contribution in [2.24, 2.45) is 5.92 Å². The first-order valence-electron chi connectivity index (χ1n) is 7.67. The molecule has 1 aliphatic rings. The highest BCUT2D eigenvalue weighted by atomic mass is 19.4. The lowest BCUT2D eigenvalue weighted by atomic mass is 10.1. The topological polar surface area (TPSA) is 21.3 Å². The minimum Gasteiger partial charge on any atom is -0.404 e. The summed E-state index contributed by atoms with van der Waals surface area (Å²) in [6.45, 7) is 2.48. The van der Waals surface area contributed by atoms with Crippen LogP contribution in [0.25, 0.3) is 0 Å². The van der Waals surface area contributed by atoms with Crippen LogP contribution in [0.15, 0.2) is 42.5 Å². The molecule has 0 aliphatic heterocycles. The van der Waals surface area contributed by atoms with Crippen LogP contribution in [-0.4, -0.2) is 12.9 Å². The molecule has 128 valence electrons. The summed E-state index contributed by atoms with van der Waals surface area (Å²) in [7, 11) is 0. The van der Waals surface area contributed by atoms with E-state index in [1.165, 1.54) is 11.1 Å². The zero-order valence-electron chi connectivity index (χ0n) is 13.0. The second kappa shape index (κ2) is 6.34. The molecule has 2 atom stereocenters. The standard InChI is InChI=1S/C18H17F4NO/c1-11-2-4-12(5-3-11)15-8-13(15)10-23-16-9-14(19)6-7-17(16)24-18(20,21)22/h2-7,9,13,15,23H,8,10H2,1H3/t13-,15?/m1/s1. The quantitative estimate of drug-likeness (QED) is 0.752. The van der Waals surface area contributed by atoms with E-state index in [2.05, 4.69) is 22.2 Å². The summed E-state index contributed by atoms with van der Waals surface area (Å²) in [5.41, 5.74) is 2.42. The van der Waals surface area contributed by atoms with Gasteiger partial charge in [0.25, 0.3) is 0 Å². The van der Waals surface area contributed by atoms with E-state index >= 15 is 0 Å². The smallest absolute Gasteiger partial charge is 0.404 e. The molecule has 1 N–H and O–H groups in total. The Bertz CT molecular complexity index is 712. The summed E-state index contributed by atoms with van der Waals surface area (Å²) in [6.07, 6.45) is -3.85. The van der Waals surface area contributed by atoms with E-state index < -0.39 is 17.9 Å². The van der Waals surface area contributed by atoms with Gasteiger partial charge in [0.1, 0.15) is 5.82 Å². The van der Waals surface area contributed by atoms with Gasteiger partial charge in [-0.15, -0.1) is 13.2 Å². The van der Waals surface area contributed by atoms with E-state index in [-0.39, 0.29) is 5.69 Å². The van der Waals surface area contributed by atoms with Crippen LogP contribution in [0.1, 0.15) is 23.5 Å². The lowest BCUT2D eigenvalue weighted by molar-refractivity contribution is -0.274. The van der Waals surface area contributed by atoms with Gasteiger partial charge in [-0.1, -0.05) is 29.8 Å². The Morgan fingerprint density at radius 1 is 1.12 bits per heavy atom. The van der Waals surface area contributed by atoms with Crippen molar-refractivity contribution in [3.05, 3.63) is 59.4 Å². The molecule has 0 spiro atoms. The van der Waals surface area contributed by atoms with Crippen LogP contribution in [-0.2, 0) is 0 Å². The molecule has 2 nitrogen and oxygen atoms in total. The molecule has 6 heteroatoms. The third kappa shape index (κ3) is 4.19. The number of rotatable bonds is 5. The van der Waals surface area contributed by atoms with Crippen LogP contribution in [0.3, 0.4) is 0 Å². The second-order valence-corrected chi connectivity index (χ2v) is 6.08. The van der Waals surface area contributed by atoms with E-state index in [4.69, 9.17) is 0 Å². The Morgan fingerprint density at radius 2 is 1.83 bits per heavy atom. The van der Waals surface area contributed by atoms with Gasteiger partial charge in [-0.2, -0.15) is 0 Å². The van der Waals surface area contributed by atoms with Crippen molar-refractivity contribution in [3.63, 3.8) is 0 Å². The number of nitrogens with one attached hydrogen (secondary N) is 1. The maximum atomic E-state index is 13.3. The average Bonchev–Trinajstić information content (AvgIpc) is 3.26. The van der Waals surface area contributed by atoms with E-state index in [0.29, 0.717) is 18.4 Å². The van der Waals surface area contributed by atoms with Crippen LogP contribution in [0.2, 0.25) is 0 Å². The predicted molar refractivity (Wildman–Crippen MR) is 83.6 cm³/mol. The minimum absolute atomic E-state index is 0.0156. The van der Waals surface area contributed by atoms with Gasteiger partial charge in [0, 0.05) is 12.6 Å². The van der Waals surface area contributed by atoms with Crippen molar-refractivity contribution in [2.75, 3.05) is 11.9 Å². The Labute approximate surface area is 137 Å². The third-order valence-corrected chi connectivity index (χ3v) is 4.15. The van der Waals surface area contributed by atoms with E-state index in [0.717, 1.165) is 24.6 Å². The first kappa shape index (κ1) is 16.6. The van der Waals surface area contributed by atoms with E-state index in [1.807, 2.05) is 19.1 Å². The van der Waals surface area contributed by atoms with Gasteiger partial charge < -0.3 is 10.1 Å². The lowest BCUT2D eigenvalue weighted by Gasteiger charge is -2.14. The number of halogens is 4. The van der Waals surface area contributed by atoms with Gasteiger partial charge >= 0.3 is 6.36 Å². The number of alkyl halides is 3. The molecule has 0 aromatic heterocycles. The molecule has 2 aromatic carbocycles. The van der Waals surface area contributed by atoms with Gasteiger partial charge in [-0.05, 0) is 42.9 Å². The molecule has 1 saturated carbocycles. The van der Waals surface area contributed by atoms with Crippen LogP contribution >= 0.6 is 0 Å². The molecule has 1 aliphatic carbocycles. The highest BCUT2D eigenvalue weighted by molar-refractivity contribution is 5.56. The molecule has 3 rings (SSSR count). The van der Waals surface area contributed by atoms with E-state index in [9.17, 15) is 17.6 Å². The Hall–Kier alpha value is -2.24. The van der Waals surface area contributed by atoms with Crippen LogP contribution in [0.4, 0.5) is 23.2 Å². The fourth-order valence-electron chi connectivity index (χ4n) is 2.79. The average molecular weight is 339 g/mol. The van der Waals surface area contributed by atoms with Gasteiger partial charge in [0.05, 0.1) is 5.69 Å². The van der Waals surface area contributed by atoms with Crippen molar-refractivity contribution in [1.29, 1.82) is 0 Å². The summed E-state index contributed by atoms with van der Waals surface area (Å²) < 4.78 is 54.5. The van der Waals surface area contributed by atoms with Gasteiger partial charge in [-0.25, -0.2) is 4.39 Å². The molecule has 0 heterocycles. The van der Waals surface area contributed by atoms with Crippen molar-refractivity contribution in [3.8, 4) is 5.75 Å². The maximum absolute atomic E-state index is 13.3. The fourth-order valence-corrected chi connectivity index (χ4v) is 2.79. The van der Waals surface area contributed by atoms with Crippen molar-refractivity contribution in [1.82, 2.24) is 0 Å². The molecular formula is C18H17F4NO. The SMILES string of the molecule is Cc1ccc(C2C[C@@H]2CNc2cc(F)ccc2OC(F)(F)F)cc1. The molecule has 0 saturated heterocycles. The first-order valence-corrected chi connectivity index (χ1v) is 7.67. The summed E-state index contributed by atoms with van der Waals surface area (Å²) in [6, 6.07) is 11.2. The number of hydrogen-bond acceptors (Lipinski definition) is 2. The summed E-state index contributed by atoms with van der Waals surface area (Å²) in [5.74, 6) is -0.331. The summed E-state index contributed by atoms with van der Waals surface area (Å²) in [5, 5.41) is 2.88. The van der Waals surface area contributed by atoms with Gasteiger partial charge in [0.2, 0.25) is 0 Å². The molecule has 0 amide bonds. The molecule has 0 radical (unpaired) electrons. The second-order valence-electron chi connectivity index (χ2n) is 6.08. The minimum atomic E-state index is -4.81. The number of benzene rings is 2. The highest BCUT2D eigenvalue weighted by Crippen LogP contribution is 2.47. The number of anilines is 1. The predicted octanol–water partition coefficient (Wildman–Crippen LogP) is 5.25. The first-order chi connectivity index (χ1) is 11.3. The fraction of sp³-hybridized carbons (Fsp3) is 0.333. The monoisotopic (exact) mass is 339 g/mol. The van der Waals surface area contributed by atoms with Gasteiger partial charge in [-0.3, -0.25) is 0 Å². The molecule has 1 unspecified atom stereocenters. The summed E-state index contributed by atoms with van der Waals surface area (Å²) >= 11 is 0. The van der Waals surface area contributed by atoms with Crippen molar-refractivity contribution >= 4 is 5.69 Å². The number of ether oxygens (including phenoxy) is 1. The normalized spacial score (nSPS) is 19.9. The van der Waals surface area contributed by atoms with E-state index in [1.54, 1.807) is 0 Å². The molecule has 0 bridgehead atoms. The zero-order valence-corrected chi connectivity index (χ0v) is 13.0. The highest BCUT2D eigenvalue weighted by Gasteiger charge is 2.38. The third-order valence-electron chi connectivity index (χ3n) is 4.15. The van der Waals surface area contributed by atoms with Crippen LogP contribution in [0.5, 0.6) is 5.75 Å².